The molecule has 0 amide bonds. The molecule has 4 nitrogen and oxygen atoms in total. The summed E-state index contributed by atoms with van der Waals surface area (Å²) in [7, 11) is 0. The predicted molar refractivity (Wildman–Crippen MR) is 141 cm³/mol. The molecule has 0 aliphatic carbocycles. The molecule has 1 heterocycles. The fourth-order valence-electron chi connectivity index (χ4n) is 4.82. The zero-order valence-electron chi connectivity index (χ0n) is 20.4. The molecular formula is C29H34F2N2O2S. The SMILES string of the molecule is [O-][S+](CCNC1CCN(CC(O)Cc2ccccc2)CC1)C(c1ccc(F)cc1)c1ccc(F)cc1. The number of β-amino-alcohol motifs (C(OH)–C–C–N with tert-alkyl or cyclic N) is 1. The number of halogens is 2. The normalized spacial score (nSPS) is 16.8. The highest BCUT2D eigenvalue weighted by atomic mass is 32.2. The van der Waals surface area contributed by atoms with Crippen LogP contribution in [-0.4, -0.2) is 58.6 Å². The van der Waals surface area contributed by atoms with Gasteiger partial charge in [0.25, 0.3) is 0 Å². The third kappa shape index (κ3) is 7.85. The monoisotopic (exact) mass is 512 g/mol. The van der Waals surface area contributed by atoms with E-state index in [-0.39, 0.29) is 17.7 Å². The smallest absolute Gasteiger partial charge is 0.165 e. The van der Waals surface area contributed by atoms with E-state index in [9.17, 15) is 18.4 Å². The average Bonchev–Trinajstić information content (AvgIpc) is 2.88. The molecule has 1 fully saturated rings. The molecule has 4 rings (SSSR count). The Morgan fingerprint density at radius 1 is 0.889 bits per heavy atom. The van der Waals surface area contributed by atoms with Crippen LogP contribution in [0.15, 0.2) is 78.9 Å². The molecular weight excluding hydrogens is 478 g/mol. The Labute approximate surface area is 215 Å². The molecule has 0 radical (unpaired) electrons. The van der Waals surface area contributed by atoms with Crippen LogP contribution < -0.4 is 5.32 Å². The van der Waals surface area contributed by atoms with Gasteiger partial charge in [0, 0.05) is 30.3 Å². The highest BCUT2D eigenvalue weighted by Crippen LogP contribution is 2.31. The van der Waals surface area contributed by atoms with E-state index in [2.05, 4.69) is 10.2 Å². The lowest BCUT2D eigenvalue weighted by molar-refractivity contribution is 0.0944. The third-order valence-electron chi connectivity index (χ3n) is 6.72. The Hall–Kier alpha value is -2.29. The van der Waals surface area contributed by atoms with Gasteiger partial charge < -0.3 is 19.9 Å². The number of likely N-dealkylation sites (tertiary alicyclic amines) is 1. The summed E-state index contributed by atoms with van der Waals surface area (Å²) in [5.41, 5.74) is 2.65. The highest BCUT2D eigenvalue weighted by Gasteiger charge is 2.27. The zero-order valence-corrected chi connectivity index (χ0v) is 21.2. The maximum atomic E-state index is 13.5. The minimum Gasteiger partial charge on any atom is -0.616 e. The molecule has 0 saturated carbocycles. The maximum absolute atomic E-state index is 13.5. The largest absolute Gasteiger partial charge is 0.616 e. The van der Waals surface area contributed by atoms with Crippen molar-refractivity contribution in [2.45, 2.75) is 36.7 Å². The summed E-state index contributed by atoms with van der Waals surface area (Å²) >= 11 is -1.26. The first-order chi connectivity index (χ1) is 17.5. The number of benzene rings is 3. The van der Waals surface area contributed by atoms with Crippen LogP contribution in [0.3, 0.4) is 0 Å². The molecule has 3 aromatic carbocycles. The second kappa shape index (κ2) is 13.3. The topological polar surface area (TPSA) is 58.6 Å². The lowest BCUT2D eigenvalue weighted by Crippen LogP contribution is -2.46. The van der Waals surface area contributed by atoms with Gasteiger partial charge in [0.2, 0.25) is 0 Å². The molecule has 1 aliphatic rings. The first-order valence-electron chi connectivity index (χ1n) is 12.5. The Balaban J connectivity index is 1.24. The van der Waals surface area contributed by atoms with Crippen molar-refractivity contribution in [3.63, 3.8) is 0 Å². The lowest BCUT2D eigenvalue weighted by Gasteiger charge is -2.33. The molecule has 1 saturated heterocycles. The number of aliphatic hydroxyl groups excluding tert-OH is 1. The standard InChI is InChI=1S/C29H34F2N2O2S/c30-25-10-6-23(7-11-25)29(24-8-12-26(31)13-9-24)36(35)19-16-32-27-14-17-33(18-15-27)21-28(34)20-22-4-2-1-3-5-22/h1-13,27-29,32,34H,14-21H2. The molecule has 7 heteroatoms. The number of aliphatic hydroxyl groups is 1. The average molecular weight is 513 g/mol. The van der Waals surface area contributed by atoms with Crippen LogP contribution in [-0.2, 0) is 17.6 Å². The minimum absolute atomic E-state index is 0.344. The molecule has 2 atom stereocenters. The van der Waals surface area contributed by atoms with E-state index in [4.69, 9.17) is 0 Å². The second-order valence-corrected chi connectivity index (χ2v) is 11.1. The van der Waals surface area contributed by atoms with E-state index in [1.807, 2.05) is 30.3 Å². The van der Waals surface area contributed by atoms with E-state index in [0.717, 1.165) is 42.6 Å². The van der Waals surface area contributed by atoms with Crippen molar-refractivity contribution in [1.29, 1.82) is 0 Å². The number of rotatable bonds is 11. The van der Waals surface area contributed by atoms with Crippen LogP contribution in [0.25, 0.3) is 0 Å². The molecule has 36 heavy (non-hydrogen) atoms. The molecule has 0 spiro atoms. The number of nitrogens with zero attached hydrogens (tertiary/aromatic N) is 1. The summed E-state index contributed by atoms with van der Waals surface area (Å²) in [6.45, 7) is 3.11. The minimum atomic E-state index is -1.26. The van der Waals surface area contributed by atoms with E-state index in [0.29, 0.717) is 31.3 Å². The van der Waals surface area contributed by atoms with Gasteiger partial charge in [0.05, 0.1) is 6.10 Å². The van der Waals surface area contributed by atoms with Gasteiger partial charge in [0.1, 0.15) is 17.4 Å². The zero-order chi connectivity index (χ0) is 25.3. The van der Waals surface area contributed by atoms with Crippen molar-refractivity contribution in [1.82, 2.24) is 10.2 Å². The maximum Gasteiger partial charge on any atom is 0.165 e. The Kier molecular flexibility index (Phi) is 9.90. The molecule has 2 unspecified atom stereocenters. The Morgan fingerprint density at radius 3 is 2.00 bits per heavy atom. The molecule has 0 aromatic heterocycles. The molecule has 1 aliphatic heterocycles. The first-order valence-corrected chi connectivity index (χ1v) is 13.9. The van der Waals surface area contributed by atoms with Gasteiger partial charge in [-0.05, 0) is 73.4 Å². The van der Waals surface area contributed by atoms with Crippen LogP contribution in [0.2, 0.25) is 0 Å². The molecule has 192 valence electrons. The number of hydrogen-bond acceptors (Lipinski definition) is 4. The van der Waals surface area contributed by atoms with E-state index >= 15 is 0 Å². The van der Waals surface area contributed by atoms with Crippen molar-refractivity contribution < 1.29 is 18.4 Å². The number of hydrogen-bond donors (Lipinski definition) is 2. The summed E-state index contributed by atoms with van der Waals surface area (Å²) in [4.78, 5) is 2.31. The van der Waals surface area contributed by atoms with Crippen molar-refractivity contribution in [2.75, 3.05) is 31.9 Å². The van der Waals surface area contributed by atoms with Crippen LogP contribution >= 0.6 is 0 Å². The van der Waals surface area contributed by atoms with Crippen LogP contribution in [0.4, 0.5) is 8.78 Å². The fourth-order valence-corrected chi connectivity index (χ4v) is 6.30. The van der Waals surface area contributed by atoms with Crippen molar-refractivity contribution in [3.8, 4) is 0 Å². The van der Waals surface area contributed by atoms with Crippen molar-refractivity contribution in [3.05, 3.63) is 107 Å². The van der Waals surface area contributed by atoms with E-state index < -0.39 is 16.4 Å². The van der Waals surface area contributed by atoms with Crippen LogP contribution in [0.1, 0.15) is 34.8 Å². The summed E-state index contributed by atoms with van der Waals surface area (Å²) in [5.74, 6) is -0.249. The number of nitrogens with one attached hydrogen (secondary N) is 1. The van der Waals surface area contributed by atoms with E-state index in [1.165, 1.54) is 24.3 Å². The molecule has 0 bridgehead atoms. The van der Waals surface area contributed by atoms with Crippen LogP contribution in [0.5, 0.6) is 0 Å². The van der Waals surface area contributed by atoms with E-state index in [1.54, 1.807) is 24.3 Å². The van der Waals surface area contributed by atoms with Crippen LogP contribution in [0, 0.1) is 11.6 Å². The first kappa shape index (κ1) is 26.8. The third-order valence-corrected chi connectivity index (χ3v) is 8.39. The number of piperidine rings is 1. The summed E-state index contributed by atoms with van der Waals surface area (Å²) in [5, 5.41) is 13.6. The Bertz CT molecular complexity index is 1000. The van der Waals surface area contributed by atoms with Gasteiger partial charge in [0.15, 0.2) is 5.25 Å². The summed E-state index contributed by atoms with van der Waals surface area (Å²) < 4.78 is 40.2. The van der Waals surface area contributed by atoms with Gasteiger partial charge in [-0.3, -0.25) is 0 Å². The second-order valence-electron chi connectivity index (χ2n) is 9.44. The highest BCUT2D eigenvalue weighted by molar-refractivity contribution is 7.91. The quantitative estimate of drug-likeness (QED) is 0.373. The lowest BCUT2D eigenvalue weighted by atomic mass is 10.0. The Morgan fingerprint density at radius 2 is 1.44 bits per heavy atom. The van der Waals surface area contributed by atoms with Gasteiger partial charge in [-0.25, -0.2) is 8.78 Å². The molecule has 3 aromatic rings. The van der Waals surface area contributed by atoms with Gasteiger partial charge in [-0.2, -0.15) is 0 Å². The predicted octanol–water partition coefficient (Wildman–Crippen LogP) is 4.46. The summed E-state index contributed by atoms with van der Waals surface area (Å²) in [6.07, 6.45) is 2.23. The summed E-state index contributed by atoms with van der Waals surface area (Å²) in [6, 6.07) is 22.5. The van der Waals surface area contributed by atoms with Crippen molar-refractivity contribution >= 4 is 11.2 Å². The van der Waals surface area contributed by atoms with Crippen molar-refractivity contribution in [2.24, 2.45) is 0 Å². The van der Waals surface area contributed by atoms with Gasteiger partial charge in [-0.1, -0.05) is 54.6 Å². The van der Waals surface area contributed by atoms with Gasteiger partial charge in [-0.15, -0.1) is 0 Å². The van der Waals surface area contributed by atoms with Gasteiger partial charge >= 0.3 is 0 Å². The molecule has 2 N–H and O–H groups in total. The fraction of sp³-hybridized carbons (Fsp3) is 0.379.